The van der Waals surface area contributed by atoms with Crippen LogP contribution in [0.3, 0.4) is 0 Å². The van der Waals surface area contributed by atoms with E-state index in [1.165, 1.54) is 0 Å². The number of benzene rings is 1. The molecule has 7 nitrogen and oxygen atoms in total. The highest BCUT2D eigenvalue weighted by Crippen LogP contribution is 2.29. The molecule has 0 aliphatic carbocycles. The third kappa shape index (κ3) is 3.99. The third-order valence-corrected chi connectivity index (χ3v) is 5.87. The summed E-state index contributed by atoms with van der Waals surface area (Å²) >= 11 is 1.59. The summed E-state index contributed by atoms with van der Waals surface area (Å²) in [5.74, 6) is 0.00224. The molecule has 0 radical (unpaired) electrons. The summed E-state index contributed by atoms with van der Waals surface area (Å²) < 4.78 is 10.9. The Bertz CT molecular complexity index is 816. The standard InChI is InChI=1S/C20H23N3O4S/c1-28-17-10-21-19(22-11-17)27-16-6-8-23(9-7-16)18(24)14-2-4-15(5-3-14)20(25)12-26-13-20/h2-5,10-11,16,25H,6-9,12-13H2,1H3. The van der Waals surface area contributed by atoms with E-state index in [4.69, 9.17) is 9.47 Å². The van der Waals surface area contributed by atoms with Crippen LogP contribution in [0, 0.1) is 0 Å². The number of thioether (sulfide) groups is 1. The number of carbonyl (C=O) groups excluding carboxylic acids is 1. The lowest BCUT2D eigenvalue weighted by molar-refractivity contribution is -0.184. The Morgan fingerprint density at radius 2 is 1.86 bits per heavy atom. The van der Waals surface area contributed by atoms with Gasteiger partial charge in [-0.25, -0.2) is 9.97 Å². The second kappa shape index (κ2) is 8.06. The van der Waals surface area contributed by atoms with Gasteiger partial charge in [0.05, 0.1) is 13.2 Å². The van der Waals surface area contributed by atoms with Crippen LogP contribution < -0.4 is 4.74 Å². The quantitative estimate of drug-likeness (QED) is 0.768. The number of piperidine rings is 1. The fourth-order valence-corrected chi connectivity index (χ4v) is 3.68. The minimum atomic E-state index is -0.909. The summed E-state index contributed by atoms with van der Waals surface area (Å²) in [4.78, 5) is 24.0. The van der Waals surface area contributed by atoms with E-state index in [9.17, 15) is 9.90 Å². The van der Waals surface area contributed by atoms with Gasteiger partial charge in [-0.2, -0.15) is 0 Å². The molecule has 2 saturated heterocycles. The highest BCUT2D eigenvalue weighted by molar-refractivity contribution is 7.98. The van der Waals surface area contributed by atoms with Crippen molar-refractivity contribution in [2.45, 2.75) is 29.4 Å². The van der Waals surface area contributed by atoms with Crippen molar-refractivity contribution < 1.29 is 19.4 Å². The first kappa shape index (κ1) is 19.2. The van der Waals surface area contributed by atoms with Crippen LogP contribution >= 0.6 is 11.8 Å². The van der Waals surface area contributed by atoms with Crippen LogP contribution in [0.5, 0.6) is 6.01 Å². The highest BCUT2D eigenvalue weighted by atomic mass is 32.2. The van der Waals surface area contributed by atoms with E-state index in [-0.39, 0.29) is 12.0 Å². The van der Waals surface area contributed by atoms with Crippen LogP contribution in [0.15, 0.2) is 41.6 Å². The van der Waals surface area contributed by atoms with Crippen molar-refractivity contribution in [3.05, 3.63) is 47.8 Å². The van der Waals surface area contributed by atoms with Gasteiger partial charge in [-0.3, -0.25) is 4.79 Å². The van der Waals surface area contributed by atoms with E-state index in [1.54, 1.807) is 48.4 Å². The molecule has 3 heterocycles. The zero-order valence-corrected chi connectivity index (χ0v) is 16.5. The fourth-order valence-electron chi connectivity index (χ4n) is 3.36. The van der Waals surface area contributed by atoms with Crippen molar-refractivity contribution in [1.29, 1.82) is 0 Å². The summed E-state index contributed by atoms with van der Waals surface area (Å²) in [5.41, 5.74) is 0.505. The largest absolute Gasteiger partial charge is 0.460 e. The van der Waals surface area contributed by atoms with Crippen molar-refractivity contribution in [2.75, 3.05) is 32.6 Å². The summed E-state index contributed by atoms with van der Waals surface area (Å²) in [6, 6.07) is 7.55. The van der Waals surface area contributed by atoms with Gasteiger partial charge < -0.3 is 19.5 Å². The number of amides is 1. The van der Waals surface area contributed by atoms with Gasteiger partial charge in [0.15, 0.2) is 0 Å². The summed E-state index contributed by atoms with van der Waals surface area (Å²) in [6.45, 7) is 1.87. The van der Waals surface area contributed by atoms with E-state index in [1.807, 2.05) is 11.2 Å². The number of hydrogen-bond donors (Lipinski definition) is 1. The average molecular weight is 401 g/mol. The maximum Gasteiger partial charge on any atom is 0.316 e. The molecular weight excluding hydrogens is 378 g/mol. The molecule has 1 aromatic heterocycles. The van der Waals surface area contributed by atoms with Gasteiger partial charge in [0.1, 0.15) is 11.7 Å². The SMILES string of the molecule is CSc1cnc(OC2CCN(C(=O)c3ccc(C4(O)COC4)cc3)CC2)nc1. The molecule has 0 bridgehead atoms. The number of hydrogen-bond acceptors (Lipinski definition) is 7. The van der Waals surface area contributed by atoms with Gasteiger partial charge in [0.2, 0.25) is 0 Å². The minimum absolute atomic E-state index is 0.00224. The Kier molecular flexibility index (Phi) is 5.52. The molecule has 0 saturated carbocycles. The molecule has 0 atom stereocenters. The summed E-state index contributed by atoms with van der Waals surface area (Å²) in [5, 5.41) is 10.3. The Hall–Kier alpha value is -2.16. The fraction of sp³-hybridized carbons (Fsp3) is 0.450. The Labute approximate surface area is 168 Å². The van der Waals surface area contributed by atoms with Gasteiger partial charge >= 0.3 is 6.01 Å². The maximum absolute atomic E-state index is 12.8. The van der Waals surface area contributed by atoms with Crippen LogP contribution in [0.2, 0.25) is 0 Å². The molecule has 1 aromatic carbocycles. The molecule has 0 unspecified atom stereocenters. The van der Waals surface area contributed by atoms with Gasteiger partial charge in [0.25, 0.3) is 5.91 Å². The topological polar surface area (TPSA) is 84.8 Å². The molecule has 2 fully saturated rings. The predicted molar refractivity (Wildman–Crippen MR) is 105 cm³/mol. The van der Waals surface area contributed by atoms with Crippen LogP contribution in [0.25, 0.3) is 0 Å². The Morgan fingerprint density at radius 1 is 1.21 bits per heavy atom. The van der Waals surface area contributed by atoms with E-state index in [0.29, 0.717) is 37.9 Å². The van der Waals surface area contributed by atoms with Crippen molar-refractivity contribution in [2.24, 2.45) is 0 Å². The van der Waals surface area contributed by atoms with Gasteiger partial charge in [-0.1, -0.05) is 12.1 Å². The Morgan fingerprint density at radius 3 is 2.39 bits per heavy atom. The van der Waals surface area contributed by atoms with Crippen molar-refractivity contribution in [3.63, 3.8) is 0 Å². The van der Waals surface area contributed by atoms with E-state index in [2.05, 4.69) is 9.97 Å². The van der Waals surface area contributed by atoms with E-state index in [0.717, 1.165) is 23.3 Å². The molecule has 0 spiro atoms. The molecule has 1 N–H and O–H groups in total. The second-order valence-electron chi connectivity index (χ2n) is 7.12. The second-order valence-corrected chi connectivity index (χ2v) is 8.00. The summed E-state index contributed by atoms with van der Waals surface area (Å²) in [7, 11) is 0. The zero-order chi connectivity index (χ0) is 19.6. The molecule has 1 amide bonds. The number of aromatic nitrogens is 2. The average Bonchev–Trinajstić information content (AvgIpc) is 2.73. The van der Waals surface area contributed by atoms with Gasteiger partial charge in [-0.05, 0) is 24.0 Å². The number of likely N-dealkylation sites (tertiary alicyclic amines) is 1. The first-order valence-electron chi connectivity index (χ1n) is 9.30. The molecule has 2 aliphatic rings. The van der Waals surface area contributed by atoms with Crippen molar-refractivity contribution in [3.8, 4) is 6.01 Å². The number of rotatable bonds is 5. The number of aliphatic hydroxyl groups is 1. The maximum atomic E-state index is 12.8. The number of nitrogens with zero attached hydrogens (tertiary/aromatic N) is 3. The molecule has 28 heavy (non-hydrogen) atoms. The van der Waals surface area contributed by atoms with E-state index >= 15 is 0 Å². The first-order chi connectivity index (χ1) is 13.6. The monoisotopic (exact) mass is 401 g/mol. The van der Waals surface area contributed by atoms with Crippen LogP contribution in [-0.4, -0.2) is 64.5 Å². The molecule has 148 valence electrons. The number of carbonyl (C=O) groups is 1. The van der Waals surface area contributed by atoms with Gasteiger partial charge in [-0.15, -0.1) is 11.8 Å². The third-order valence-electron chi connectivity index (χ3n) is 5.19. The molecule has 4 rings (SSSR count). The first-order valence-corrected chi connectivity index (χ1v) is 10.5. The van der Waals surface area contributed by atoms with E-state index < -0.39 is 5.60 Å². The summed E-state index contributed by atoms with van der Waals surface area (Å²) in [6.07, 6.45) is 6.98. The van der Waals surface area contributed by atoms with Crippen molar-refractivity contribution >= 4 is 17.7 Å². The lowest BCUT2D eigenvalue weighted by Gasteiger charge is -2.36. The molecule has 2 aromatic rings. The lowest BCUT2D eigenvalue weighted by Crippen LogP contribution is -2.46. The van der Waals surface area contributed by atoms with Crippen LogP contribution in [0.1, 0.15) is 28.8 Å². The minimum Gasteiger partial charge on any atom is -0.460 e. The molecule has 8 heteroatoms. The number of ether oxygens (including phenoxy) is 2. The van der Waals surface area contributed by atoms with Crippen LogP contribution in [-0.2, 0) is 10.3 Å². The zero-order valence-electron chi connectivity index (χ0n) is 15.7. The normalized spacial score (nSPS) is 19.1. The van der Waals surface area contributed by atoms with Gasteiger partial charge in [0, 0.05) is 48.8 Å². The molecular formula is C20H23N3O4S. The van der Waals surface area contributed by atoms with Crippen molar-refractivity contribution in [1.82, 2.24) is 14.9 Å². The molecule has 2 aliphatic heterocycles. The Balaban J connectivity index is 1.31. The highest BCUT2D eigenvalue weighted by Gasteiger charge is 2.38. The smallest absolute Gasteiger partial charge is 0.316 e. The lowest BCUT2D eigenvalue weighted by atomic mass is 9.91. The predicted octanol–water partition coefficient (Wildman–Crippen LogP) is 2.10. The van der Waals surface area contributed by atoms with Crippen LogP contribution in [0.4, 0.5) is 0 Å².